The van der Waals surface area contributed by atoms with Gasteiger partial charge in [-0.25, -0.2) is 9.67 Å². The molecule has 1 aliphatic rings. The molecule has 0 amide bonds. The molecule has 1 aliphatic carbocycles. The van der Waals surface area contributed by atoms with Gasteiger partial charge in [0.1, 0.15) is 17.9 Å². The lowest BCUT2D eigenvalue weighted by Crippen LogP contribution is -2.14. The number of nitrogens with zero attached hydrogens (tertiary/aromatic N) is 3. The zero-order valence-corrected chi connectivity index (χ0v) is 9.47. The van der Waals surface area contributed by atoms with Crippen LogP contribution in [0.5, 0.6) is 0 Å². The van der Waals surface area contributed by atoms with Crippen molar-refractivity contribution in [1.29, 1.82) is 0 Å². The molecule has 0 aliphatic heterocycles. The Morgan fingerprint density at radius 3 is 2.87 bits per heavy atom. The monoisotopic (exact) mass is 207 g/mol. The van der Waals surface area contributed by atoms with Crippen molar-refractivity contribution >= 4 is 5.78 Å². The van der Waals surface area contributed by atoms with Crippen LogP contribution in [0.1, 0.15) is 39.1 Å². The summed E-state index contributed by atoms with van der Waals surface area (Å²) in [6, 6.07) is 0.270. The normalized spacial score (nSPS) is 24.5. The molecule has 4 heteroatoms. The number of ketones is 1. The smallest absolute Gasteiger partial charge is 0.143 e. The fraction of sp³-hybridized carbons (Fsp3) is 0.727. The maximum atomic E-state index is 11.8. The quantitative estimate of drug-likeness (QED) is 0.753. The fourth-order valence-electron chi connectivity index (χ4n) is 1.89. The molecule has 0 saturated heterocycles. The summed E-state index contributed by atoms with van der Waals surface area (Å²) >= 11 is 0. The molecule has 1 saturated carbocycles. The van der Waals surface area contributed by atoms with E-state index in [1.54, 1.807) is 0 Å². The summed E-state index contributed by atoms with van der Waals surface area (Å²) in [5.74, 6) is 1.97. The Labute approximate surface area is 89.7 Å². The molecule has 1 fully saturated rings. The third-order valence-electron chi connectivity index (χ3n) is 2.99. The van der Waals surface area contributed by atoms with Gasteiger partial charge in [0.25, 0.3) is 0 Å². The second-order valence-electron chi connectivity index (χ2n) is 4.68. The highest BCUT2D eigenvalue weighted by molar-refractivity contribution is 5.85. The number of hydrogen-bond donors (Lipinski definition) is 0. The third-order valence-corrected chi connectivity index (χ3v) is 2.99. The van der Waals surface area contributed by atoms with Gasteiger partial charge in [0, 0.05) is 12.0 Å². The lowest BCUT2D eigenvalue weighted by atomic mass is 10.1. The average molecular weight is 207 g/mol. The summed E-state index contributed by atoms with van der Waals surface area (Å²) in [6.45, 7) is 6.21. The Bertz CT molecular complexity index is 370. The van der Waals surface area contributed by atoms with Crippen molar-refractivity contribution in [2.24, 2.45) is 11.8 Å². The highest BCUT2D eigenvalue weighted by atomic mass is 16.1. The van der Waals surface area contributed by atoms with Crippen LogP contribution in [0, 0.1) is 11.8 Å². The summed E-state index contributed by atoms with van der Waals surface area (Å²) in [5.41, 5.74) is 0. The molecule has 2 rings (SSSR count). The van der Waals surface area contributed by atoms with Gasteiger partial charge in [0.15, 0.2) is 0 Å². The van der Waals surface area contributed by atoms with Gasteiger partial charge >= 0.3 is 0 Å². The van der Waals surface area contributed by atoms with Gasteiger partial charge in [-0.1, -0.05) is 6.92 Å². The summed E-state index contributed by atoms with van der Waals surface area (Å²) in [7, 11) is 0. The van der Waals surface area contributed by atoms with Crippen LogP contribution in [0.4, 0.5) is 0 Å². The molecule has 4 nitrogen and oxygen atoms in total. The summed E-state index contributed by atoms with van der Waals surface area (Å²) in [6.07, 6.45) is 3.01. The SMILES string of the molecule is CC1CC1C(=O)Cc1ncnn1C(C)C. The Morgan fingerprint density at radius 1 is 1.67 bits per heavy atom. The first kappa shape index (κ1) is 10.3. The van der Waals surface area contributed by atoms with Crippen LogP contribution in [0.2, 0.25) is 0 Å². The molecule has 15 heavy (non-hydrogen) atoms. The Balaban J connectivity index is 2.04. The van der Waals surface area contributed by atoms with Crippen LogP contribution in [0.15, 0.2) is 6.33 Å². The van der Waals surface area contributed by atoms with E-state index in [2.05, 4.69) is 17.0 Å². The van der Waals surface area contributed by atoms with Gasteiger partial charge in [-0.3, -0.25) is 4.79 Å². The molecule has 1 aromatic rings. The van der Waals surface area contributed by atoms with Crippen molar-refractivity contribution in [2.75, 3.05) is 0 Å². The molecular formula is C11H17N3O. The van der Waals surface area contributed by atoms with E-state index in [0.29, 0.717) is 18.1 Å². The van der Waals surface area contributed by atoms with Crippen LogP contribution in [-0.4, -0.2) is 20.5 Å². The lowest BCUT2D eigenvalue weighted by molar-refractivity contribution is -0.120. The first-order valence-electron chi connectivity index (χ1n) is 5.50. The van der Waals surface area contributed by atoms with Crippen molar-refractivity contribution in [2.45, 2.75) is 39.7 Å². The van der Waals surface area contributed by atoms with Crippen LogP contribution in [-0.2, 0) is 11.2 Å². The van der Waals surface area contributed by atoms with E-state index >= 15 is 0 Å². The molecule has 2 atom stereocenters. The minimum Gasteiger partial charge on any atom is -0.299 e. The van der Waals surface area contributed by atoms with E-state index in [4.69, 9.17) is 0 Å². The maximum Gasteiger partial charge on any atom is 0.143 e. The average Bonchev–Trinajstić information content (AvgIpc) is 2.73. The largest absolute Gasteiger partial charge is 0.299 e. The molecule has 0 radical (unpaired) electrons. The lowest BCUT2D eigenvalue weighted by Gasteiger charge is -2.08. The maximum absolute atomic E-state index is 11.8. The fourth-order valence-corrected chi connectivity index (χ4v) is 1.89. The molecule has 1 aromatic heterocycles. The molecule has 1 heterocycles. The van der Waals surface area contributed by atoms with Gasteiger partial charge in [0.05, 0.1) is 6.42 Å². The van der Waals surface area contributed by atoms with Crippen LogP contribution >= 0.6 is 0 Å². The minimum absolute atomic E-state index is 0.270. The van der Waals surface area contributed by atoms with Crippen molar-refractivity contribution in [3.63, 3.8) is 0 Å². The standard InChI is InChI=1S/C11H17N3O/c1-7(2)14-11(12-6-13-14)5-10(15)9-4-8(9)3/h6-9H,4-5H2,1-3H3. The zero-order chi connectivity index (χ0) is 11.0. The van der Waals surface area contributed by atoms with Crippen LogP contribution in [0.25, 0.3) is 0 Å². The first-order valence-corrected chi connectivity index (χ1v) is 5.50. The number of rotatable bonds is 4. The number of Topliss-reactive ketones (excluding diaryl/α,β-unsaturated/α-hetero) is 1. The third kappa shape index (κ3) is 2.08. The van der Waals surface area contributed by atoms with E-state index in [0.717, 1.165) is 12.2 Å². The predicted molar refractivity (Wildman–Crippen MR) is 56.4 cm³/mol. The number of carbonyl (C=O) groups is 1. The summed E-state index contributed by atoms with van der Waals surface area (Å²) in [4.78, 5) is 15.9. The van der Waals surface area contributed by atoms with Gasteiger partial charge in [0.2, 0.25) is 0 Å². The highest BCUT2D eigenvalue weighted by Gasteiger charge is 2.39. The van der Waals surface area contributed by atoms with E-state index < -0.39 is 0 Å². The molecule has 2 unspecified atom stereocenters. The number of aromatic nitrogens is 3. The molecule has 0 spiro atoms. The van der Waals surface area contributed by atoms with Crippen LogP contribution < -0.4 is 0 Å². The van der Waals surface area contributed by atoms with E-state index in [1.807, 2.05) is 18.5 Å². The van der Waals surface area contributed by atoms with Gasteiger partial charge < -0.3 is 0 Å². The Morgan fingerprint density at radius 2 is 2.33 bits per heavy atom. The second kappa shape index (κ2) is 3.76. The summed E-state index contributed by atoms with van der Waals surface area (Å²) < 4.78 is 1.82. The van der Waals surface area contributed by atoms with Gasteiger partial charge in [-0.2, -0.15) is 5.10 Å². The molecule has 0 aromatic carbocycles. The first-order chi connectivity index (χ1) is 7.09. The second-order valence-corrected chi connectivity index (χ2v) is 4.68. The highest BCUT2D eigenvalue weighted by Crippen LogP contribution is 2.38. The van der Waals surface area contributed by atoms with E-state index in [9.17, 15) is 4.79 Å². The minimum atomic E-state index is 0.270. The molecule has 0 N–H and O–H groups in total. The van der Waals surface area contributed by atoms with Crippen molar-refractivity contribution in [3.8, 4) is 0 Å². The Kier molecular flexibility index (Phi) is 2.59. The van der Waals surface area contributed by atoms with Crippen molar-refractivity contribution < 1.29 is 4.79 Å². The Hall–Kier alpha value is -1.19. The van der Waals surface area contributed by atoms with Gasteiger partial charge in [-0.05, 0) is 26.2 Å². The number of hydrogen-bond acceptors (Lipinski definition) is 3. The van der Waals surface area contributed by atoms with Crippen molar-refractivity contribution in [3.05, 3.63) is 12.2 Å². The molecule has 82 valence electrons. The number of carbonyl (C=O) groups excluding carboxylic acids is 1. The van der Waals surface area contributed by atoms with E-state index in [-0.39, 0.29) is 12.0 Å². The molecular weight excluding hydrogens is 190 g/mol. The zero-order valence-electron chi connectivity index (χ0n) is 9.47. The summed E-state index contributed by atoms with van der Waals surface area (Å²) in [5, 5.41) is 4.12. The van der Waals surface area contributed by atoms with Crippen molar-refractivity contribution in [1.82, 2.24) is 14.8 Å². The van der Waals surface area contributed by atoms with Crippen LogP contribution in [0.3, 0.4) is 0 Å². The van der Waals surface area contributed by atoms with E-state index in [1.165, 1.54) is 6.33 Å². The molecule has 0 bridgehead atoms. The predicted octanol–water partition coefficient (Wildman–Crippen LogP) is 1.63. The topological polar surface area (TPSA) is 47.8 Å². The van der Waals surface area contributed by atoms with Gasteiger partial charge in [-0.15, -0.1) is 0 Å².